The van der Waals surface area contributed by atoms with Crippen molar-refractivity contribution in [1.82, 2.24) is 0 Å². The van der Waals surface area contributed by atoms with Crippen LogP contribution in [-0.2, 0) is 4.74 Å². The number of anilines is 1. The zero-order valence-electron chi connectivity index (χ0n) is 12.9. The monoisotopic (exact) mass is 298 g/mol. The van der Waals surface area contributed by atoms with E-state index < -0.39 is 17.9 Å². The second-order valence-electron chi connectivity index (χ2n) is 5.62. The second-order valence-corrected chi connectivity index (χ2v) is 5.62. The Morgan fingerprint density at radius 3 is 2.62 bits per heavy atom. The van der Waals surface area contributed by atoms with Crippen LogP contribution in [0.2, 0.25) is 0 Å². The summed E-state index contributed by atoms with van der Waals surface area (Å²) in [4.78, 5) is 11.8. The zero-order chi connectivity index (χ0) is 16.0. The van der Waals surface area contributed by atoms with Gasteiger partial charge in [0.05, 0.1) is 12.8 Å². The summed E-state index contributed by atoms with van der Waals surface area (Å²) in [5, 5.41) is 2.56. The van der Waals surface area contributed by atoms with Crippen molar-refractivity contribution >= 4 is 11.8 Å². The molecule has 0 bridgehead atoms. The van der Waals surface area contributed by atoms with Gasteiger partial charge in [-0.2, -0.15) is 0 Å². The van der Waals surface area contributed by atoms with E-state index in [1.807, 2.05) is 0 Å². The lowest BCUT2D eigenvalue weighted by Crippen LogP contribution is -2.27. The average molecular weight is 298 g/mol. The lowest BCUT2D eigenvalue weighted by Gasteiger charge is -2.21. The van der Waals surface area contributed by atoms with Crippen molar-refractivity contribution in [3.8, 4) is 5.75 Å². The van der Waals surface area contributed by atoms with Crippen LogP contribution >= 0.6 is 0 Å². The molecule has 1 atom stereocenters. The average Bonchev–Trinajstić information content (AvgIpc) is 2.37. The Labute approximate surface area is 124 Å². The van der Waals surface area contributed by atoms with Crippen molar-refractivity contribution in [2.75, 3.05) is 19.0 Å². The molecule has 1 unspecified atom stereocenters. The number of hydrogen-bond acceptors (Lipinski definition) is 4. The number of alkyl halides is 1. The van der Waals surface area contributed by atoms with Gasteiger partial charge >= 0.3 is 6.09 Å². The highest BCUT2D eigenvalue weighted by Crippen LogP contribution is 2.32. The van der Waals surface area contributed by atoms with Crippen molar-refractivity contribution in [3.05, 3.63) is 23.8 Å². The summed E-state index contributed by atoms with van der Waals surface area (Å²) in [5.74, 6) is 0.513. The number of methoxy groups -OCH3 is 1. The lowest BCUT2D eigenvalue weighted by atomic mass is 10.0. The molecule has 1 amide bonds. The van der Waals surface area contributed by atoms with Crippen molar-refractivity contribution in [2.24, 2.45) is 5.73 Å². The van der Waals surface area contributed by atoms with Crippen LogP contribution in [0, 0.1) is 0 Å². The van der Waals surface area contributed by atoms with Gasteiger partial charge in [-0.3, -0.25) is 5.32 Å². The molecule has 0 aliphatic rings. The smallest absolute Gasteiger partial charge is 0.412 e. The molecule has 3 N–H and O–H groups in total. The van der Waals surface area contributed by atoms with E-state index in [4.69, 9.17) is 15.2 Å². The number of halogens is 1. The van der Waals surface area contributed by atoms with E-state index in [2.05, 4.69) is 5.32 Å². The van der Waals surface area contributed by atoms with E-state index in [0.29, 0.717) is 17.0 Å². The molecule has 1 aromatic rings. The maximum absolute atomic E-state index is 14.2. The summed E-state index contributed by atoms with van der Waals surface area (Å²) in [6, 6.07) is 4.78. The van der Waals surface area contributed by atoms with Gasteiger partial charge in [-0.15, -0.1) is 0 Å². The van der Waals surface area contributed by atoms with E-state index in [-0.39, 0.29) is 13.0 Å². The molecule has 1 aromatic carbocycles. The molecule has 0 fully saturated rings. The normalized spacial score (nSPS) is 12.7. The first kappa shape index (κ1) is 17.2. The van der Waals surface area contributed by atoms with Gasteiger partial charge in [-0.1, -0.05) is 0 Å². The number of rotatable bonds is 5. The predicted octanol–water partition coefficient (Wildman–Crippen LogP) is 3.40. The summed E-state index contributed by atoms with van der Waals surface area (Å²) >= 11 is 0. The Balaban J connectivity index is 2.97. The summed E-state index contributed by atoms with van der Waals surface area (Å²) in [5.41, 5.74) is 5.44. The molecule has 0 aliphatic heterocycles. The topological polar surface area (TPSA) is 73.6 Å². The van der Waals surface area contributed by atoms with E-state index >= 15 is 0 Å². The minimum atomic E-state index is -1.28. The largest absolute Gasteiger partial charge is 0.497 e. The van der Waals surface area contributed by atoms with Crippen molar-refractivity contribution in [2.45, 2.75) is 39.0 Å². The second kappa shape index (κ2) is 7.26. The molecule has 0 aromatic heterocycles. The number of ether oxygens (including phenoxy) is 2. The van der Waals surface area contributed by atoms with Gasteiger partial charge in [0, 0.05) is 5.56 Å². The van der Waals surface area contributed by atoms with Crippen LogP contribution in [0.15, 0.2) is 18.2 Å². The van der Waals surface area contributed by atoms with Crippen LogP contribution in [0.1, 0.15) is 38.9 Å². The molecule has 0 spiro atoms. The molecule has 0 saturated heterocycles. The van der Waals surface area contributed by atoms with Gasteiger partial charge in [-0.05, 0) is 51.9 Å². The fourth-order valence-corrected chi connectivity index (χ4v) is 1.76. The highest BCUT2D eigenvalue weighted by Gasteiger charge is 2.20. The molecule has 6 heteroatoms. The Morgan fingerprint density at radius 1 is 1.43 bits per heavy atom. The van der Waals surface area contributed by atoms with Crippen LogP contribution < -0.4 is 15.8 Å². The SMILES string of the molecule is COc1ccc(NC(=O)OC(C)(C)C)c(C(F)CCN)c1. The van der Waals surface area contributed by atoms with E-state index in [9.17, 15) is 9.18 Å². The zero-order valence-corrected chi connectivity index (χ0v) is 12.9. The van der Waals surface area contributed by atoms with Crippen molar-refractivity contribution in [3.63, 3.8) is 0 Å². The first-order chi connectivity index (χ1) is 9.76. The molecule has 0 aliphatic carbocycles. The third-order valence-corrected chi connectivity index (χ3v) is 2.65. The molecule has 0 radical (unpaired) electrons. The number of amides is 1. The summed E-state index contributed by atoms with van der Waals surface area (Å²) in [6.07, 6.45) is -1.75. The quantitative estimate of drug-likeness (QED) is 0.873. The third kappa shape index (κ3) is 5.59. The van der Waals surface area contributed by atoms with Crippen LogP contribution in [0.25, 0.3) is 0 Å². The maximum Gasteiger partial charge on any atom is 0.412 e. The molecule has 118 valence electrons. The third-order valence-electron chi connectivity index (χ3n) is 2.65. The molecular formula is C15H23FN2O3. The maximum atomic E-state index is 14.2. The standard InChI is InChI=1S/C15H23FN2O3/c1-15(2,3)21-14(19)18-13-6-5-10(20-4)9-11(13)12(16)7-8-17/h5-6,9,12H,7-8,17H2,1-4H3,(H,18,19). The molecule has 0 heterocycles. The fraction of sp³-hybridized carbons (Fsp3) is 0.533. The Morgan fingerprint density at radius 2 is 2.10 bits per heavy atom. The minimum Gasteiger partial charge on any atom is -0.497 e. The Hall–Kier alpha value is -1.82. The number of benzene rings is 1. The highest BCUT2D eigenvalue weighted by atomic mass is 19.1. The number of carbonyl (C=O) groups excluding carboxylic acids is 1. The van der Waals surface area contributed by atoms with Crippen LogP contribution in [0.3, 0.4) is 0 Å². The van der Waals surface area contributed by atoms with Gasteiger partial charge in [0.15, 0.2) is 0 Å². The van der Waals surface area contributed by atoms with Crippen LogP contribution in [0.5, 0.6) is 5.75 Å². The fourth-order valence-electron chi connectivity index (χ4n) is 1.76. The molecule has 21 heavy (non-hydrogen) atoms. The van der Waals surface area contributed by atoms with E-state index in [0.717, 1.165) is 0 Å². The number of nitrogens with two attached hydrogens (primary N) is 1. The highest BCUT2D eigenvalue weighted by molar-refractivity contribution is 5.86. The molecule has 5 nitrogen and oxygen atoms in total. The van der Waals surface area contributed by atoms with E-state index in [1.165, 1.54) is 7.11 Å². The number of hydrogen-bond donors (Lipinski definition) is 2. The summed E-state index contributed by atoms with van der Waals surface area (Å²) < 4.78 is 24.4. The Bertz CT molecular complexity index is 486. The number of carbonyl (C=O) groups is 1. The lowest BCUT2D eigenvalue weighted by molar-refractivity contribution is 0.0635. The summed E-state index contributed by atoms with van der Waals surface area (Å²) in [7, 11) is 1.50. The Kier molecular flexibility index (Phi) is 5.96. The van der Waals surface area contributed by atoms with Crippen LogP contribution in [-0.4, -0.2) is 25.3 Å². The van der Waals surface area contributed by atoms with E-state index in [1.54, 1.807) is 39.0 Å². The van der Waals surface area contributed by atoms with Crippen molar-refractivity contribution in [1.29, 1.82) is 0 Å². The first-order valence-electron chi connectivity index (χ1n) is 6.79. The van der Waals surface area contributed by atoms with Crippen LogP contribution in [0.4, 0.5) is 14.9 Å². The molecule has 0 saturated carbocycles. The van der Waals surface area contributed by atoms with Gasteiger partial charge in [0.2, 0.25) is 0 Å². The van der Waals surface area contributed by atoms with Gasteiger partial charge in [0.1, 0.15) is 17.5 Å². The minimum absolute atomic E-state index is 0.163. The van der Waals surface area contributed by atoms with Gasteiger partial charge in [0.25, 0.3) is 0 Å². The van der Waals surface area contributed by atoms with Crippen molar-refractivity contribution < 1.29 is 18.7 Å². The first-order valence-corrected chi connectivity index (χ1v) is 6.79. The van der Waals surface area contributed by atoms with Gasteiger partial charge < -0.3 is 15.2 Å². The molecular weight excluding hydrogens is 275 g/mol. The predicted molar refractivity (Wildman–Crippen MR) is 80.4 cm³/mol. The van der Waals surface area contributed by atoms with Gasteiger partial charge in [-0.25, -0.2) is 9.18 Å². The summed E-state index contributed by atoms with van der Waals surface area (Å²) in [6.45, 7) is 5.49. The molecule has 1 rings (SSSR count). The number of nitrogens with one attached hydrogen (secondary N) is 1.